The lowest BCUT2D eigenvalue weighted by Crippen LogP contribution is -2.34. The van der Waals surface area contributed by atoms with E-state index in [9.17, 15) is 4.79 Å². The fraction of sp³-hybridized carbons (Fsp3) is 0.304. The summed E-state index contributed by atoms with van der Waals surface area (Å²) in [6.45, 7) is 4.53. The number of hydrogen-bond donors (Lipinski definition) is 1. The number of rotatable bonds is 5. The smallest absolute Gasteiger partial charge is 0.270 e. The molecule has 1 aromatic carbocycles. The van der Waals surface area contributed by atoms with Crippen LogP contribution in [0.4, 0.5) is 5.82 Å². The van der Waals surface area contributed by atoms with Gasteiger partial charge in [0.05, 0.1) is 12.2 Å². The number of hydrogen-bond acceptors (Lipinski definition) is 5. The Kier molecular flexibility index (Phi) is 5.79. The second kappa shape index (κ2) is 8.82. The second-order valence-electron chi connectivity index (χ2n) is 7.47. The summed E-state index contributed by atoms with van der Waals surface area (Å²) in [4.78, 5) is 28.7. The van der Waals surface area contributed by atoms with Crippen LogP contribution in [0.2, 0.25) is 0 Å². The van der Waals surface area contributed by atoms with Gasteiger partial charge in [-0.2, -0.15) is 0 Å². The van der Waals surface area contributed by atoms with Crippen molar-refractivity contribution in [2.24, 2.45) is 5.92 Å². The fourth-order valence-corrected chi connectivity index (χ4v) is 3.43. The number of benzene rings is 1. The molecule has 0 saturated carbocycles. The normalized spacial score (nSPS) is 14.6. The van der Waals surface area contributed by atoms with Crippen molar-refractivity contribution >= 4 is 11.7 Å². The summed E-state index contributed by atoms with van der Waals surface area (Å²) in [6, 6.07) is 17.2. The maximum atomic E-state index is 12.8. The number of pyridine rings is 1. The molecule has 6 heteroatoms. The third kappa shape index (κ3) is 4.77. The lowest BCUT2D eigenvalue weighted by molar-refractivity contribution is 0.0945. The lowest BCUT2D eigenvalue weighted by atomic mass is 9.99. The molecule has 1 fully saturated rings. The Morgan fingerprint density at radius 2 is 1.83 bits per heavy atom. The van der Waals surface area contributed by atoms with E-state index >= 15 is 0 Å². The van der Waals surface area contributed by atoms with Crippen molar-refractivity contribution in [3.05, 3.63) is 72.2 Å². The van der Waals surface area contributed by atoms with Gasteiger partial charge in [-0.15, -0.1) is 0 Å². The number of amides is 1. The molecule has 6 nitrogen and oxygen atoms in total. The van der Waals surface area contributed by atoms with Crippen LogP contribution in [-0.4, -0.2) is 33.9 Å². The van der Waals surface area contributed by atoms with Crippen LogP contribution in [0.25, 0.3) is 11.4 Å². The molecule has 3 heterocycles. The minimum absolute atomic E-state index is 0.220. The van der Waals surface area contributed by atoms with Crippen LogP contribution < -0.4 is 10.2 Å². The summed E-state index contributed by atoms with van der Waals surface area (Å²) in [5.74, 6) is 1.89. The highest BCUT2D eigenvalue weighted by Gasteiger charge is 2.20. The minimum Gasteiger partial charge on any atom is -0.356 e. The molecule has 1 amide bonds. The van der Waals surface area contributed by atoms with Crippen molar-refractivity contribution in [2.45, 2.75) is 26.3 Å². The summed E-state index contributed by atoms with van der Waals surface area (Å²) < 4.78 is 0. The molecule has 0 radical (unpaired) electrons. The summed E-state index contributed by atoms with van der Waals surface area (Å²) in [5, 5.41) is 2.92. The molecule has 1 saturated heterocycles. The summed E-state index contributed by atoms with van der Waals surface area (Å²) in [5.41, 5.74) is 2.09. The monoisotopic (exact) mass is 387 g/mol. The third-order valence-corrected chi connectivity index (χ3v) is 5.24. The maximum Gasteiger partial charge on any atom is 0.270 e. The van der Waals surface area contributed by atoms with Gasteiger partial charge in [0.25, 0.3) is 5.91 Å². The Bertz CT molecular complexity index is 954. The van der Waals surface area contributed by atoms with E-state index in [1.807, 2.05) is 48.5 Å². The molecule has 0 bridgehead atoms. The molecule has 0 aliphatic carbocycles. The molecule has 0 spiro atoms. The number of piperidine rings is 1. The van der Waals surface area contributed by atoms with Crippen LogP contribution in [0.15, 0.2) is 60.8 Å². The van der Waals surface area contributed by atoms with E-state index in [1.165, 1.54) is 0 Å². The van der Waals surface area contributed by atoms with Crippen molar-refractivity contribution in [1.29, 1.82) is 0 Å². The highest BCUT2D eigenvalue weighted by atomic mass is 16.1. The Morgan fingerprint density at radius 1 is 1.07 bits per heavy atom. The molecule has 148 valence electrons. The molecule has 1 N–H and O–H groups in total. The number of anilines is 1. The van der Waals surface area contributed by atoms with Crippen molar-refractivity contribution in [1.82, 2.24) is 20.3 Å². The molecule has 3 aromatic rings. The van der Waals surface area contributed by atoms with Gasteiger partial charge in [-0.3, -0.25) is 9.78 Å². The average Bonchev–Trinajstić information content (AvgIpc) is 2.79. The summed E-state index contributed by atoms with van der Waals surface area (Å²) >= 11 is 0. The third-order valence-electron chi connectivity index (χ3n) is 5.24. The zero-order chi connectivity index (χ0) is 20.1. The number of carbonyl (C=O) groups is 1. The Labute approximate surface area is 171 Å². The molecule has 4 rings (SSSR count). The van der Waals surface area contributed by atoms with Crippen LogP contribution in [0, 0.1) is 5.92 Å². The predicted molar refractivity (Wildman–Crippen MR) is 113 cm³/mol. The van der Waals surface area contributed by atoms with E-state index < -0.39 is 0 Å². The zero-order valence-electron chi connectivity index (χ0n) is 16.6. The van der Waals surface area contributed by atoms with E-state index in [1.54, 1.807) is 12.3 Å². The summed E-state index contributed by atoms with van der Waals surface area (Å²) in [6.07, 6.45) is 3.98. The van der Waals surface area contributed by atoms with E-state index in [0.29, 0.717) is 18.1 Å². The first-order valence-electron chi connectivity index (χ1n) is 10.1. The molecule has 0 atom stereocenters. The average molecular weight is 387 g/mol. The zero-order valence-corrected chi connectivity index (χ0v) is 16.6. The quantitative estimate of drug-likeness (QED) is 0.723. The Balaban J connectivity index is 1.61. The number of nitrogens with zero attached hydrogens (tertiary/aromatic N) is 4. The fourth-order valence-electron chi connectivity index (χ4n) is 3.43. The van der Waals surface area contributed by atoms with Crippen molar-refractivity contribution < 1.29 is 4.79 Å². The van der Waals surface area contributed by atoms with Crippen LogP contribution in [0.1, 0.15) is 35.9 Å². The first-order valence-corrected chi connectivity index (χ1v) is 10.1. The van der Waals surface area contributed by atoms with Gasteiger partial charge in [0.2, 0.25) is 0 Å². The van der Waals surface area contributed by atoms with Gasteiger partial charge in [0, 0.05) is 30.9 Å². The maximum absolute atomic E-state index is 12.8. The van der Waals surface area contributed by atoms with E-state index in [-0.39, 0.29) is 5.91 Å². The molecule has 2 aromatic heterocycles. The van der Waals surface area contributed by atoms with Crippen molar-refractivity contribution in [2.75, 3.05) is 18.0 Å². The van der Waals surface area contributed by atoms with Crippen molar-refractivity contribution in [3.63, 3.8) is 0 Å². The molecular weight excluding hydrogens is 362 g/mol. The molecule has 1 aliphatic rings. The molecule has 29 heavy (non-hydrogen) atoms. The van der Waals surface area contributed by atoms with Crippen LogP contribution in [0.3, 0.4) is 0 Å². The number of aromatic nitrogens is 3. The lowest BCUT2D eigenvalue weighted by Gasteiger charge is -2.31. The SMILES string of the molecule is CC1CCN(c2cc(C(=O)NCc3ccccn3)nc(-c3ccccc3)n2)CC1. The Morgan fingerprint density at radius 3 is 2.55 bits per heavy atom. The van der Waals surface area contributed by atoms with Gasteiger partial charge in [-0.1, -0.05) is 43.3 Å². The van der Waals surface area contributed by atoms with E-state index in [4.69, 9.17) is 4.98 Å². The number of nitrogens with one attached hydrogen (secondary N) is 1. The molecular formula is C23H25N5O. The highest BCUT2D eigenvalue weighted by molar-refractivity contribution is 5.93. The Hall–Kier alpha value is -3.28. The van der Waals surface area contributed by atoms with Gasteiger partial charge in [-0.05, 0) is 30.9 Å². The van der Waals surface area contributed by atoms with Gasteiger partial charge in [0.15, 0.2) is 5.82 Å². The number of carbonyl (C=O) groups excluding carboxylic acids is 1. The summed E-state index contributed by atoms with van der Waals surface area (Å²) in [7, 11) is 0. The minimum atomic E-state index is -0.220. The molecule has 1 aliphatic heterocycles. The van der Waals surface area contributed by atoms with Crippen LogP contribution >= 0.6 is 0 Å². The second-order valence-corrected chi connectivity index (χ2v) is 7.47. The van der Waals surface area contributed by atoms with E-state index in [0.717, 1.165) is 48.9 Å². The van der Waals surface area contributed by atoms with Gasteiger partial charge in [0.1, 0.15) is 11.5 Å². The van der Waals surface area contributed by atoms with Gasteiger partial charge in [-0.25, -0.2) is 9.97 Å². The topological polar surface area (TPSA) is 71.0 Å². The van der Waals surface area contributed by atoms with Crippen LogP contribution in [0.5, 0.6) is 0 Å². The predicted octanol–water partition coefficient (Wildman–Crippen LogP) is 3.70. The van der Waals surface area contributed by atoms with E-state index in [2.05, 4.69) is 27.1 Å². The first kappa shape index (κ1) is 19.1. The standard InChI is InChI=1S/C23H25N5O/c1-17-10-13-28(14-11-17)21-15-20(23(29)25-16-19-9-5-6-12-24-19)26-22(27-21)18-7-3-2-4-8-18/h2-9,12,15,17H,10-11,13-14,16H2,1H3,(H,25,29). The first-order chi connectivity index (χ1) is 14.2. The highest BCUT2D eigenvalue weighted by Crippen LogP contribution is 2.24. The van der Waals surface area contributed by atoms with Crippen LogP contribution in [-0.2, 0) is 6.54 Å². The van der Waals surface area contributed by atoms with Gasteiger partial charge < -0.3 is 10.2 Å². The largest absolute Gasteiger partial charge is 0.356 e. The van der Waals surface area contributed by atoms with Crippen molar-refractivity contribution in [3.8, 4) is 11.4 Å². The van der Waals surface area contributed by atoms with Gasteiger partial charge >= 0.3 is 0 Å². The molecule has 0 unspecified atom stereocenters.